The van der Waals surface area contributed by atoms with Crippen LogP contribution >= 0.6 is 0 Å². The maximum absolute atomic E-state index is 13.8. The highest BCUT2D eigenvalue weighted by Crippen LogP contribution is 2.29. The molecule has 1 fully saturated rings. The lowest BCUT2D eigenvalue weighted by Crippen LogP contribution is -2.34. The predicted molar refractivity (Wildman–Crippen MR) is 89.9 cm³/mol. The largest absolute Gasteiger partial charge is 0.337 e. The summed E-state index contributed by atoms with van der Waals surface area (Å²) < 4.78 is 38.9. The molecule has 4 nitrogen and oxygen atoms in total. The third-order valence-corrected chi connectivity index (χ3v) is 6.43. The summed E-state index contributed by atoms with van der Waals surface area (Å²) >= 11 is 0. The van der Waals surface area contributed by atoms with Crippen LogP contribution in [0.5, 0.6) is 0 Å². The smallest absolute Gasteiger partial charge is 0.256 e. The summed E-state index contributed by atoms with van der Waals surface area (Å²) in [5, 5.41) is -0.628. The van der Waals surface area contributed by atoms with E-state index >= 15 is 0 Å². The zero-order valence-electron chi connectivity index (χ0n) is 13.1. The second-order valence-corrected chi connectivity index (χ2v) is 8.13. The maximum atomic E-state index is 13.8. The molecule has 0 aliphatic carbocycles. The highest BCUT2D eigenvalue weighted by molar-refractivity contribution is 7.91. The Morgan fingerprint density at radius 1 is 1.00 bits per heavy atom. The Morgan fingerprint density at radius 3 is 2.38 bits per heavy atom. The van der Waals surface area contributed by atoms with E-state index in [1.165, 1.54) is 23.1 Å². The summed E-state index contributed by atoms with van der Waals surface area (Å²) in [6.45, 7) is 0.366. The molecule has 1 atom stereocenters. The highest BCUT2D eigenvalue weighted by Gasteiger charge is 2.33. The van der Waals surface area contributed by atoms with Crippen LogP contribution < -0.4 is 0 Å². The summed E-state index contributed by atoms with van der Waals surface area (Å²) in [5.74, 6) is -1.17. The van der Waals surface area contributed by atoms with Gasteiger partial charge in [-0.15, -0.1) is 0 Å². The number of sulfone groups is 1. The summed E-state index contributed by atoms with van der Waals surface area (Å²) in [4.78, 5) is 13.9. The Kier molecular flexibility index (Phi) is 4.66. The van der Waals surface area contributed by atoms with Crippen molar-refractivity contribution in [3.8, 4) is 0 Å². The molecule has 24 heavy (non-hydrogen) atoms. The molecule has 1 saturated heterocycles. The van der Waals surface area contributed by atoms with Crippen LogP contribution in [0, 0.1) is 5.82 Å². The van der Waals surface area contributed by atoms with Crippen molar-refractivity contribution in [2.45, 2.75) is 11.7 Å². The zero-order valence-corrected chi connectivity index (χ0v) is 13.9. The molecular weight excluding hydrogens is 329 g/mol. The number of hydrogen-bond acceptors (Lipinski definition) is 3. The third kappa shape index (κ3) is 3.33. The summed E-state index contributed by atoms with van der Waals surface area (Å²) in [5.41, 5.74) is 0.714. The van der Waals surface area contributed by atoms with E-state index in [0.29, 0.717) is 6.42 Å². The maximum Gasteiger partial charge on any atom is 0.256 e. The van der Waals surface area contributed by atoms with Crippen LogP contribution in [0.3, 0.4) is 0 Å². The quantitative estimate of drug-likeness (QED) is 0.839. The summed E-state index contributed by atoms with van der Waals surface area (Å²) in [6, 6.07) is 14.8. The molecular formula is C18H18FNO3S. The van der Waals surface area contributed by atoms with Gasteiger partial charge in [0.15, 0.2) is 9.84 Å². The van der Waals surface area contributed by atoms with Gasteiger partial charge in [0.1, 0.15) is 5.82 Å². The van der Waals surface area contributed by atoms with Gasteiger partial charge in [0.05, 0.1) is 16.6 Å². The molecule has 0 saturated carbocycles. The predicted octanol–water partition coefficient (Wildman–Crippen LogP) is 2.83. The normalized spacial score (nSPS) is 20.4. The molecule has 0 bridgehead atoms. The van der Waals surface area contributed by atoms with Crippen molar-refractivity contribution < 1.29 is 17.6 Å². The number of nitrogens with zero attached hydrogens (tertiary/aromatic N) is 1. The minimum atomic E-state index is -3.36. The van der Waals surface area contributed by atoms with Crippen LogP contribution in [-0.2, 0) is 9.84 Å². The molecule has 1 amide bonds. The lowest BCUT2D eigenvalue weighted by atomic mass is 10.1. The van der Waals surface area contributed by atoms with Crippen molar-refractivity contribution in [3.05, 3.63) is 71.5 Å². The van der Waals surface area contributed by atoms with Crippen LogP contribution in [0.4, 0.5) is 4.39 Å². The Hall–Kier alpha value is -2.21. The van der Waals surface area contributed by atoms with E-state index < -0.39 is 26.8 Å². The molecule has 126 valence electrons. The molecule has 0 radical (unpaired) electrons. The van der Waals surface area contributed by atoms with Crippen LogP contribution in [0.2, 0.25) is 0 Å². The Morgan fingerprint density at radius 2 is 1.67 bits per heavy atom. The van der Waals surface area contributed by atoms with Gasteiger partial charge < -0.3 is 4.90 Å². The van der Waals surface area contributed by atoms with E-state index in [1.807, 2.05) is 6.07 Å². The number of carbonyl (C=O) groups excluding carboxylic acids is 1. The van der Waals surface area contributed by atoms with Gasteiger partial charge in [0.2, 0.25) is 0 Å². The van der Waals surface area contributed by atoms with E-state index in [-0.39, 0.29) is 24.4 Å². The fourth-order valence-electron chi connectivity index (χ4n) is 2.99. The first kappa shape index (κ1) is 16.6. The SMILES string of the molecule is O=C(c1ccccc1F)N1CCC(c2ccccc2)S(=O)(=O)CC1. The second-order valence-electron chi connectivity index (χ2n) is 5.83. The first-order chi connectivity index (χ1) is 11.5. The number of halogens is 1. The topological polar surface area (TPSA) is 54.5 Å². The number of amides is 1. The molecule has 2 aromatic carbocycles. The Bertz CT molecular complexity index is 836. The van der Waals surface area contributed by atoms with Crippen LogP contribution in [0.15, 0.2) is 54.6 Å². The number of hydrogen-bond donors (Lipinski definition) is 0. The first-order valence-electron chi connectivity index (χ1n) is 7.79. The molecule has 1 aliphatic rings. The van der Waals surface area contributed by atoms with Gasteiger partial charge in [0.25, 0.3) is 5.91 Å². The average Bonchev–Trinajstić information content (AvgIpc) is 2.74. The highest BCUT2D eigenvalue weighted by atomic mass is 32.2. The van der Waals surface area contributed by atoms with Crippen molar-refractivity contribution in [1.29, 1.82) is 0 Å². The second kappa shape index (κ2) is 6.73. The number of benzene rings is 2. The summed E-state index contributed by atoms with van der Waals surface area (Å²) in [7, 11) is -3.36. The van der Waals surface area contributed by atoms with E-state index in [4.69, 9.17) is 0 Å². The number of carbonyl (C=O) groups is 1. The molecule has 6 heteroatoms. The van der Waals surface area contributed by atoms with Gasteiger partial charge in [-0.3, -0.25) is 4.79 Å². The van der Waals surface area contributed by atoms with Gasteiger partial charge in [0, 0.05) is 13.1 Å². The lowest BCUT2D eigenvalue weighted by molar-refractivity contribution is 0.0762. The molecule has 1 heterocycles. The average molecular weight is 347 g/mol. The van der Waals surface area contributed by atoms with Crippen molar-refractivity contribution in [3.63, 3.8) is 0 Å². The Labute approximate surface area is 140 Å². The molecule has 2 aromatic rings. The molecule has 0 N–H and O–H groups in total. The van der Waals surface area contributed by atoms with E-state index in [1.54, 1.807) is 30.3 Å². The summed E-state index contributed by atoms with van der Waals surface area (Å²) in [6.07, 6.45) is 0.312. The van der Waals surface area contributed by atoms with Crippen molar-refractivity contribution >= 4 is 15.7 Å². The van der Waals surface area contributed by atoms with Crippen molar-refractivity contribution in [2.75, 3.05) is 18.8 Å². The lowest BCUT2D eigenvalue weighted by Gasteiger charge is -2.20. The van der Waals surface area contributed by atoms with Gasteiger partial charge in [-0.2, -0.15) is 0 Å². The van der Waals surface area contributed by atoms with Gasteiger partial charge in [-0.25, -0.2) is 12.8 Å². The third-order valence-electron chi connectivity index (χ3n) is 4.30. The van der Waals surface area contributed by atoms with Crippen molar-refractivity contribution in [2.24, 2.45) is 0 Å². The molecule has 3 rings (SSSR count). The minimum Gasteiger partial charge on any atom is -0.337 e. The van der Waals surface area contributed by atoms with E-state index in [2.05, 4.69) is 0 Å². The minimum absolute atomic E-state index is 0.0203. The van der Waals surface area contributed by atoms with Crippen molar-refractivity contribution in [1.82, 2.24) is 4.90 Å². The van der Waals surface area contributed by atoms with Gasteiger partial charge in [-0.1, -0.05) is 42.5 Å². The van der Waals surface area contributed by atoms with E-state index in [9.17, 15) is 17.6 Å². The van der Waals surface area contributed by atoms with Gasteiger partial charge in [-0.05, 0) is 24.1 Å². The molecule has 0 spiro atoms. The fraction of sp³-hybridized carbons (Fsp3) is 0.278. The van der Waals surface area contributed by atoms with Crippen LogP contribution in [0.25, 0.3) is 0 Å². The first-order valence-corrected chi connectivity index (χ1v) is 9.51. The number of rotatable bonds is 2. The Balaban J connectivity index is 1.84. The fourth-order valence-corrected chi connectivity index (χ4v) is 4.79. The van der Waals surface area contributed by atoms with Gasteiger partial charge >= 0.3 is 0 Å². The molecule has 1 unspecified atom stereocenters. The standard InChI is InChI=1S/C18H18FNO3S/c19-16-9-5-4-8-15(16)18(21)20-11-10-17(24(22,23)13-12-20)14-6-2-1-3-7-14/h1-9,17H,10-13H2. The van der Waals surface area contributed by atoms with Crippen LogP contribution in [0.1, 0.15) is 27.6 Å². The van der Waals surface area contributed by atoms with Crippen LogP contribution in [-0.4, -0.2) is 38.1 Å². The zero-order chi connectivity index (χ0) is 17.2. The molecule has 0 aromatic heterocycles. The van der Waals surface area contributed by atoms with E-state index in [0.717, 1.165) is 5.56 Å². The molecule has 1 aliphatic heterocycles. The monoisotopic (exact) mass is 347 g/mol.